The minimum absolute atomic E-state index is 0.203. The van der Waals surface area contributed by atoms with Crippen LogP contribution < -0.4 is 0 Å². The van der Waals surface area contributed by atoms with Crippen molar-refractivity contribution in [1.29, 1.82) is 0 Å². The van der Waals surface area contributed by atoms with Gasteiger partial charge >= 0.3 is 5.97 Å². The van der Waals surface area contributed by atoms with Gasteiger partial charge in [0.2, 0.25) is 0 Å². The topological polar surface area (TPSA) is 46.6 Å². The molecule has 20 heavy (non-hydrogen) atoms. The standard InChI is InChI=1S/C16H21NO3/c1-3-17(4-2)12-13-20-16(19)11-10-15(18)14-8-6-5-7-9-14/h5-11H,3-4,12-13H2,1-2H3/b11-10+. The average molecular weight is 275 g/mol. The number of carbonyl (C=O) groups is 2. The van der Waals surface area contributed by atoms with Gasteiger partial charge in [-0.2, -0.15) is 0 Å². The van der Waals surface area contributed by atoms with E-state index in [0.717, 1.165) is 13.1 Å². The van der Waals surface area contributed by atoms with Crippen molar-refractivity contribution in [3.63, 3.8) is 0 Å². The molecule has 0 N–H and O–H groups in total. The quantitative estimate of drug-likeness (QED) is 0.415. The maximum absolute atomic E-state index is 11.7. The van der Waals surface area contributed by atoms with Gasteiger partial charge in [-0.3, -0.25) is 4.79 Å². The van der Waals surface area contributed by atoms with Crippen LogP contribution in [0.25, 0.3) is 0 Å². The van der Waals surface area contributed by atoms with E-state index in [1.807, 2.05) is 6.07 Å². The van der Waals surface area contributed by atoms with E-state index in [9.17, 15) is 9.59 Å². The zero-order valence-corrected chi connectivity index (χ0v) is 12.0. The molecule has 0 unspecified atom stereocenters. The highest BCUT2D eigenvalue weighted by Crippen LogP contribution is 2.00. The lowest BCUT2D eigenvalue weighted by Gasteiger charge is -2.16. The smallest absolute Gasteiger partial charge is 0.330 e. The Bertz CT molecular complexity index is 450. The molecule has 0 aliphatic heterocycles. The molecule has 0 aromatic heterocycles. The fraction of sp³-hybridized carbons (Fsp3) is 0.375. The van der Waals surface area contributed by atoms with E-state index in [2.05, 4.69) is 18.7 Å². The Hall–Kier alpha value is -1.94. The minimum Gasteiger partial charge on any atom is -0.461 e. The first kappa shape index (κ1) is 16.1. The summed E-state index contributed by atoms with van der Waals surface area (Å²) in [5, 5.41) is 0. The van der Waals surface area contributed by atoms with Crippen molar-refractivity contribution < 1.29 is 14.3 Å². The van der Waals surface area contributed by atoms with Gasteiger partial charge in [0.25, 0.3) is 0 Å². The Labute approximate surface area is 120 Å². The highest BCUT2D eigenvalue weighted by atomic mass is 16.5. The Morgan fingerprint density at radius 1 is 1.10 bits per heavy atom. The lowest BCUT2D eigenvalue weighted by Crippen LogP contribution is -2.27. The summed E-state index contributed by atoms with van der Waals surface area (Å²) in [6.07, 6.45) is 2.42. The SMILES string of the molecule is CCN(CC)CCOC(=O)/C=C/C(=O)c1ccccc1. The van der Waals surface area contributed by atoms with Crippen LogP contribution in [0.2, 0.25) is 0 Å². The second-order valence-corrected chi connectivity index (χ2v) is 4.26. The summed E-state index contributed by atoms with van der Waals surface area (Å²) >= 11 is 0. The van der Waals surface area contributed by atoms with Gasteiger partial charge in [-0.05, 0) is 19.2 Å². The maximum atomic E-state index is 11.7. The third-order valence-electron chi connectivity index (χ3n) is 2.98. The van der Waals surface area contributed by atoms with Crippen molar-refractivity contribution in [3.05, 3.63) is 48.0 Å². The average Bonchev–Trinajstić information content (AvgIpc) is 2.50. The van der Waals surface area contributed by atoms with Gasteiger partial charge in [0.1, 0.15) is 6.61 Å². The van der Waals surface area contributed by atoms with Crippen LogP contribution in [0.5, 0.6) is 0 Å². The molecule has 0 fully saturated rings. The number of nitrogens with zero attached hydrogens (tertiary/aromatic N) is 1. The van der Waals surface area contributed by atoms with Crippen molar-refractivity contribution in [1.82, 2.24) is 4.90 Å². The van der Waals surface area contributed by atoms with E-state index in [0.29, 0.717) is 18.7 Å². The van der Waals surface area contributed by atoms with Crippen LogP contribution in [0.15, 0.2) is 42.5 Å². The van der Waals surface area contributed by atoms with Crippen molar-refractivity contribution in [3.8, 4) is 0 Å². The molecule has 4 heteroatoms. The number of rotatable bonds is 8. The van der Waals surface area contributed by atoms with Crippen LogP contribution in [0, 0.1) is 0 Å². The number of carbonyl (C=O) groups excluding carboxylic acids is 2. The van der Waals surface area contributed by atoms with E-state index >= 15 is 0 Å². The van der Waals surface area contributed by atoms with Gasteiger partial charge in [-0.15, -0.1) is 0 Å². The van der Waals surface area contributed by atoms with Crippen molar-refractivity contribution in [2.75, 3.05) is 26.2 Å². The summed E-state index contributed by atoms with van der Waals surface area (Å²) in [4.78, 5) is 25.3. The molecule has 1 rings (SSSR count). The molecule has 0 aliphatic carbocycles. The van der Waals surface area contributed by atoms with Gasteiger partial charge in [0.15, 0.2) is 5.78 Å². The number of esters is 1. The highest BCUT2D eigenvalue weighted by molar-refractivity contribution is 6.06. The molecule has 0 aliphatic rings. The molecule has 108 valence electrons. The van der Waals surface area contributed by atoms with Crippen molar-refractivity contribution >= 4 is 11.8 Å². The summed E-state index contributed by atoms with van der Waals surface area (Å²) < 4.78 is 5.04. The van der Waals surface area contributed by atoms with Gasteiger partial charge in [0.05, 0.1) is 0 Å². The molecular weight excluding hydrogens is 254 g/mol. The fourth-order valence-corrected chi connectivity index (χ4v) is 1.71. The Kier molecular flexibility index (Phi) is 7.29. The maximum Gasteiger partial charge on any atom is 0.330 e. The number of likely N-dealkylation sites (N-methyl/N-ethyl adjacent to an activating group) is 1. The minimum atomic E-state index is -0.485. The monoisotopic (exact) mass is 275 g/mol. The van der Waals surface area contributed by atoms with Crippen LogP contribution >= 0.6 is 0 Å². The molecule has 0 amide bonds. The van der Waals surface area contributed by atoms with Crippen LogP contribution in [-0.2, 0) is 9.53 Å². The van der Waals surface area contributed by atoms with Gasteiger partial charge < -0.3 is 9.64 Å². The zero-order valence-electron chi connectivity index (χ0n) is 12.0. The van der Waals surface area contributed by atoms with E-state index in [-0.39, 0.29) is 5.78 Å². The first-order valence-electron chi connectivity index (χ1n) is 6.84. The second-order valence-electron chi connectivity index (χ2n) is 4.26. The van der Waals surface area contributed by atoms with Gasteiger partial charge in [0, 0.05) is 18.2 Å². The summed E-state index contributed by atoms with van der Waals surface area (Å²) in [7, 11) is 0. The molecular formula is C16H21NO3. The number of hydrogen-bond acceptors (Lipinski definition) is 4. The van der Waals surface area contributed by atoms with Crippen LogP contribution in [0.1, 0.15) is 24.2 Å². The third-order valence-corrected chi connectivity index (χ3v) is 2.98. The van der Waals surface area contributed by atoms with Gasteiger partial charge in [-0.1, -0.05) is 44.2 Å². The lowest BCUT2D eigenvalue weighted by atomic mass is 10.1. The van der Waals surface area contributed by atoms with Crippen LogP contribution in [-0.4, -0.2) is 42.9 Å². The normalized spacial score (nSPS) is 10.9. The van der Waals surface area contributed by atoms with E-state index < -0.39 is 5.97 Å². The van der Waals surface area contributed by atoms with Crippen molar-refractivity contribution in [2.24, 2.45) is 0 Å². The molecule has 0 radical (unpaired) electrons. The number of hydrogen-bond donors (Lipinski definition) is 0. The third kappa shape index (κ3) is 5.80. The second kappa shape index (κ2) is 9.04. The molecule has 0 bridgehead atoms. The first-order valence-corrected chi connectivity index (χ1v) is 6.84. The number of ketones is 1. The molecule has 0 heterocycles. The van der Waals surface area contributed by atoms with E-state index in [1.54, 1.807) is 24.3 Å². The Morgan fingerprint density at radius 2 is 1.75 bits per heavy atom. The molecule has 1 aromatic carbocycles. The number of ether oxygens (including phenoxy) is 1. The first-order chi connectivity index (χ1) is 9.67. The number of allylic oxidation sites excluding steroid dienone is 1. The van der Waals surface area contributed by atoms with Crippen LogP contribution in [0.3, 0.4) is 0 Å². The predicted octanol–water partition coefficient (Wildman–Crippen LogP) is 2.31. The van der Waals surface area contributed by atoms with Crippen molar-refractivity contribution in [2.45, 2.75) is 13.8 Å². The predicted molar refractivity (Wildman–Crippen MR) is 78.7 cm³/mol. The largest absolute Gasteiger partial charge is 0.461 e. The summed E-state index contributed by atoms with van der Waals surface area (Å²) in [5.74, 6) is -0.687. The molecule has 4 nitrogen and oxygen atoms in total. The molecule has 0 atom stereocenters. The zero-order chi connectivity index (χ0) is 14.8. The lowest BCUT2D eigenvalue weighted by molar-refractivity contribution is -0.138. The highest BCUT2D eigenvalue weighted by Gasteiger charge is 2.04. The fourth-order valence-electron chi connectivity index (χ4n) is 1.71. The van der Waals surface area contributed by atoms with E-state index in [1.165, 1.54) is 12.2 Å². The molecule has 0 saturated carbocycles. The summed E-state index contributed by atoms with van der Waals surface area (Å²) in [6.45, 7) is 7.02. The molecule has 0 spiro atoms. The Morgan fingerprint density at radius 3 is 2.35 bits per heavy atom. The summed E-state index contributed by atoms with van der Waals surface area (Å²) in [5.41, 5.74) is 0.555. The summed E-state index contributed by atoms with van der Waals surface area (Å²) in [6, 6.07) is 8.81. The van der Waals surface area contributed by atoms with Crippen LogP contribution in [0.4, 0.5) is 0 Å². The van der Waals surface area contributed by atoms with Gasteiger partial charge in [-0.25, -0.2) is 4.79 Å². The number of benzene rings is 1. The molecule has 1 aromatic rings. The Balaban J connectivity index is 2.35. The van der Waals surface area contributed by atoms with E-state index in [4.69, 9.17) is 4.74 Å². The molecule has 0 saturated heterocycles.